The van der Waals surface area contributed by atoms with E-state index in [0.29, 0.717) is 17.9 Å². The van der Waals surface area contributed by atoms with Gasteiger partial charge in [0, 0.05) is 18.3 Å². The van der Waals surface area contributed by atoms with Crippen molar-refractivity contribution in [3.05, 3.63) is 54.3 Å². The minimum Gasteiger partial charge on any atom is -0.326 e. The number of hydrogen-bond acceptors (Lipinski definition) is 3. The van der Waals surface area contributed by atoms with E-state index in [-0.39, 0.29) is 36.5 Å². The summed E-state index contributed by atoms with van der Waals surface area (Å²) in [7, 11) is 0. The van der Waals surface area contributed by atoms with Gasteiger partial charge < -0.3 is 20.9 Å². The highest BCUT2D eigenvalue weighted by molar-refractivity contribution is 5.94. The molecule has 4 N–H and O–H groups in total. The molecule has 0 spiro atoms. The Kier molecular flexibility index (Phi) is 7.65. The van der Waals surface area contributed by atoms with E-state index in [4.69, 9.17) is 0 Å². The molecule has 0 aliphatic carbocycles. The summed E-state index contributed by atoms with van der Waals surface area (Å²) in [4.78, 5) is 36.1. The van der Waals surface area contributed by atoms with Gasteiger partial charge in [-0.05, 0) is 43.3 Å². The normalized spacial score (nSPS) is 11.4. The van der Waals surface area contributed by atoms with Gasteiger partial charge in [-0.3, -0.25) is 14.4 Å². The summed E-state index contributed by atoms with van der Waals surface area (Å²) >= 11 is 0. The summed E-state index contributed by atoms with van der Waals surface area (Å²) in [6.07, 6.45) is 0. The molecule has 0 bridgehead atoms. The van der Waals surface area contributed by atoms with E-state index >= 15 is 0 Å². The second kappa shape index (κ2) is 10.2. The number of rotatable bonds is 8. The van der Waals surface area contributed by atoms with Crippen LogP contribution in [0.3, 0.4) is 0 Å². The maximum absolute atomic E-state index is 13.6. The van der Waals surface area contributed by atoms with Crippen molar-refractivity contribution in [2.45, 2.75) is 13.8 Å². The molecule has 0 fully saturated rings. The van der Waals surface area contributed by atoms with E-state index in [1.54, 1.807) is 36.4 Å². The molecule has 28 heavy (non-hydrogen) atoms. The van der Waals surface area contributed by atoms with Gasteiger partial charge in [0.05, 0.1) is 12.2 Å². The first kappa shape index (κ1) is 21.0. The zero-order valence-electron chi connectivity index (χ0n) is 15.8. The van der Waals surface area contributed by atoms with E-state index < -0.39 is 5.82 Å². The second-order valence-electron chi connectivity index (χ2n) is 6.29. The zero-order valence-corrected chi connectivity index (χ0v) is 15.8. The number of para-hydroxylation sites is 1. The summed E-state index contributed by atoms with van der Waals surface area (Å²) in [6, 6.07) is 12.7. The van der Waals surface area contributed by atoms with Gasteiger partial charge in [-0.25, -0.2) is 4.39 Å². The van der Waals surface area contributed by atoms with Crippen LogP contribution in [0.4, 0.5) is 21.5 Å². The molecular formula is C20H24FN4O3+. The molecule has 148 valence electrons. The number of likely N-dealkylation sites (N-methyl/N-ethyl adjacent to an activating group) is 1. The molecular weight excluding hydrogens is 363 g/mol. The fraction of sp³-hybridized carbons (Fsp3) is 0.250. The molecule has 0 saturated carbocycles. The highest BCUT2D eigenvalue weighted by atomic mass is 19.1. The summed E-state index contributed by atoms with van der Waals surface area (Å²) < 4.78 is 13.6. The van der Waals surface area contributed by atoms with Crippen LogP contribution in [0.5, 0.6) is 0 Å². The summed E-state index contributed by atoms with van der Waals surface area (Å²) in [5.41, 5.74) is 1.34. The third-order valence-corrected chi connectivity index (χ3v) is 3.96. The molecule has 1 atom stereocenters. The topological polar surface area (TPSA) is 91.7 Å². The van der Waals surface area contributed by atoms with Crippen molar-refractivity contribution in [1.82, 2.24) is 0 Å². The zero-order chi connectivity index (χ0) is 20.5. The first-order valence-corrected chi connectivity index (χ1v) is 8.92. The van der Waals surface area contributed by atoms with E-state index in [0.717, 1.165) is 4.90 Å². The van der Waals surface area contributed by atoms with E-state index in [1.165, 1.54) is 19.1 Å². The third-order valence-electron chi connectivity index (χ3n) is 3.96. The Morgan fingerprint density at radius 1 is 0.857 bits per heavy atom. The first-order valence-electron chi connectivity index (χ1n) is 8.92. The molecule has 0 saturated heterocycles. The van der Waals surface area contributed by atoms with Gasteiger partial charge >= 0.3 is 0 Å². The number of nitrogens with one attached hydrogen (secondary N) is 4. The van der Waals surface area contributed by atoms with Crippen LogP contribution in [0.2, 0.25) is 0 Å². The fourth-order valence-corrected chi connectivity index (χ4v) is 2.57. The van der Waals surface area contributed by atoms with Gasteiger partial charge in [0.2, 0.25) is 5.91 Å². The molecule has 0 aliphatic heterocycles. The number of benzene rings is 2. The van der Waals surface area contributed by atoms with Crippen LogP contribution in [-0.4, -0.2) is 37.4 Å². The Balaban J connectivity index is 1.86. The Hall–Kier alpha value is -3.26. The number of hydrogen-bond donors (Lipinski definition) is 4. The molecule has 0 aliphatic rings. The minimum absolute atomic E-state index is 0.0414. The van der Waals surface area contributed by atoms with Crippen LogP contribution in [-0.2, 0) is 14.4 Å². The SMILES string of the molecule is CC[NH+](CC(=O)Nc1ccc(NC(C)=O)cc1)CC(=O)Nc1ccccc1F. The monoisotopic (exact) mass is 387 g/mol. The predicted molar refractivity (Wildman–Crippen MR) is 106 cm³/mol. The lowest BCUT2D eigenvalue weighted by molar-refractivity contribution is -0.881. The van der Waals surface area contributed by atoms with Crippen molar-refractivity contribution in [1.29, 1.82) is 0 Å². The number of anilines is 3. The summed E-state index contributed by atoms with van der Waals surface area (Å²) in [5.74, 6) is -1.29. The highest BCUT2D eigenvalue weighted by Crippen LogP contribution is 2.13. The summed E-state index contributed by atoms with van der Waals surface area (Å²) in [5, 5.41) is 7.92. The number of quaternary nitrogens is 1. The predicted octanol–water partition coefficient (Wildman–Crippen LogP) is 1.27. The van der Waals surface area contributed by atoms with Crippen molar-refractivity contribution >= 4 is 34.8 Å². The quantitative estimate of drug-likeness (QED) is 0.550. The van der Waals surface area contributed by atoms with E-state index in [9.17, 15) is 18.8 Å². The molecule has 7 nitrogen and oxygen atoms in total. The lowest BCUT2D eigenvalue weighted by atomic mass is 10.2. The lowest BCUT2D eigenvalue weighted by Crippen LogP contribution is -3.13. The van der Waals surface area contributed by atoms with Crippen LogP contribution in [0.1, 0.15) is 13.8 Å². The minimum atomic E-state index is -0.505. The molecule has 0 radical (unpaired) electrons. The molecule has 3 amide bonds. The van der Waals surface area contributed by atoms with Gasteiger partial charge in [0.25, 0.3) is 11.8 Å². The van der Waals surface area contributed by atoms with Crippen molar-refractivity contribution in [2.24, 2.45) is 0 Å². The van der Waals surface area contributed by atoms with E-state index in [1.807, 2.05) is 6.92 Å². The summed E-state index contributed by atoms with van der Waals surface area (Å²) in [6.45, 7) is 3.97. The Labute approximate surface area is 162 Å². The maximum atomic E-state index is 13.6. The van der Waals surface area contributed by atoms with Crippen LogP contribution >= 0.6 is 0 Å². The maximum Gasteiger partial charge on any atom is 0.279 e. The molecule has 2 aromatic carbocycles. The average Bonchev–Trinajstić information content (AvgIpc) is 2.64. The standard InChI is InChI=1S/C20H23FN4O3/c1-3-25(13-20(28)24-18-7-5-4-6-17(18)21)12-19(27)23-16-10-8-15(9-11-16)22-14(2)26/h4-11H,3,12-13H2,1-2H3,(H,22,26)(H,23,27)(H,24,28)/p+1. The van der Waals surface area contributed by atoms with Gasteiger partial charge in [-0.2, -0.15) is 0 Å². The van der Waals surface area contributed by atoms with Crippen LogP contribution < -0.4 is 20.9 Å². The van der Waals surface area contributed by atoms with Crippen molar-refractivity contribution < 1.29 is 23.7 Å². The molecule has 2 rings (SSSR count). The first-order chi connectivity index (χ1) is 13.4. The molecule has 1 unspecified atom stereocenters. The highest BCUT2D eigenvalue weighted by Gasteiger charge is 2.17. The molecule has 8 heteroatoms. The fourth-order valence-electron chi connectivity index (χ4n) is 2.57. The van der Waals surface area contributed by atoms with Crippen LogP contribution in [0, 0.1) is 5.82 Å². The largest absolute Gasteiger partial charge is 0.326 e. The third kappa shape index (κ3) is 6.81. The number of carbonyl (C=O) groups is 3. The molecule has 0 heterocycles. The van der Waals surface area contributed by atoms with Gasteiger partial charge in [0.15, 0.2) is 13.1 Å². The van der Waals surface area contributed by atoms with Crippen LogP contribution in [0.15, 0.2) is 48.5 Å². The second-order valence-corrected chi connectivity index (χ2v) is 6.29. The van der Waals surface area contributed by atoms with E-state index in [2.05, 4.69) is 16.0 Å². The van der Waals surface area contributed by atoms with Gasteiger partial charge in [0.1, 0.15) is 5.82 Å². The lowest BCUT2D eigenvalue weighted by Gasteiger charge is -2.17. The number of halogens is 1. The van der Waals surface area contributed by atoms with Crippen LogP contribution in [0.25, 0.3) is 0 Å². The van der Waals surface area contributed by atoms with Crippen molar-refractivity contribution in [2.75, 3.05) is 35.6 Å². The van der Waals surface area contributed by atoms with Gasteiger partial charge in [-0.15, -0.1) is 0 Å². The Bertz CT molecular complexity index is 840. The van der Waals surface area contributed by atoms with Gasteiger partial charge in [-0.1, -0.05) is 12.1 Å². The molecule has 2 aromatic rings. The van der Waals surface area contributed by atoms with Crippen molar-refractivity contribution in [3.63, 3.8) is 0 Å². The number of amides is 3. The Morgan fingerprint density at radius 3 is 1.93 bits per heavy atom. The smallest absolute Gasteiger partial charge is 0.279 e. The number of carbonyl (C=O) groups excluding carboxylic acids is 3. The Morgan fingerprint density at radius 2 is 1.39 bits per heavy atom. The van der Waals surface area contributed by atoms with Crippen molar-refractivity contribution in [3.8, 4) is 0 Å². The average molecular weight is 387 g/mol. The molecule has 0 aromatic heterocycles.